The van der Waals surface area contributed by atoms with E-state index in [1.807, 2.05) is 19.1 Å². The minimum absolute atomic E-state index is 0.0828. The number of nitrogens with one attached hydrogen (secondary N) is 1. The summed E-state index contributed by atoms with van der Waals surface area (Å²) in [5.74, 6) is 1.25. The number of ether oxygens (including phenoxy) is 2. The van der Waals surface area contributed by atoms with E-state index in [0.717, 1.165) is 17.5 Å². The molecule has 0 saturated carbocycles. The van der Waals surface area contributed by atoms with Gasteiger partial charge in [-0.3, -0.25) is 4.79 Å². The molecule has 25 heavy (non-hydrogen) atoms. The smallest absolute Gasteiger partial charge is 0.266 e. The molecule has 0 aliphatic rings. The van der Waals surface area contributed by atoms with Gasteiger partial charge in [0.05, 0.1) is 13.7 Å². The Morgan fingerprint density at radius 1 is 1.36 bits per heavy atom. The topological polar surface area (TPSA) is 75.1 Å². The highest BCUT2D eigenvalue weighted by Gasteiger charge is 2.17. The van der Waals surface area contributed by atoms with Crippen molar-refractivity contribution in [2.45, 2.75) is 26.7 Å². The first-order chi connectivity index (χ1) is 12.0. The number of hydrogen-bond acceptors (Lipinski definition) is 4. The number of aromatic nitrogens is 1. The highest BCUT2D eigenvalue weighted by atomic mass is 16.5. The molecule has 0 unspecified atom stereocenters. The van der Waals surface area contributed by atoms with E-state index >= 15 is 0 Å². The Hall–Kier alpha value is -3.00. The van der Waals surface area contributed by atoms with Crippen LogP contribution in [0.15, 0.2) is 35.6 Å². The molecule has 1 aromatic heterocycles. The van der Waals surface area contributed by atoms with Crippen LogP contribution in [0, 0.1) is 18.3 Å². The first kappa shape index (κ1) is 18.3. The van der Waals surface area contributed by atoms with Crippen molar-refractivity contribution in [3.05, 3.63) is 58.0 Å². The van der Waals surface area contributed by atoms with E-state index in [-0.39, 0.29) is 5.56 Å². The van der Waals surface area contributed by atoms with E-state index in [0.29, 0.717) is 35.8 Å². The van der Waals surface area contributed by atoms with Crippen molar-refractivity contribution in [2.24, 2.45) is 0 Å². The summed E-state index contributed by atoms with van der Waals surface area (Å²) in [7, 11) is 1.57. The van der Waals surface area contributed by atoms with Gasteiger partial charge in [-0.15, -0.1) is 6.58 Å². The van der Waals surface area contributed by atoms with Gasteiger partial charge in [0.2, 0.25) is 0 Å². The fourth-order valence-corrected chi connectivity index (χ4v) is 2.67. The molecule has 0 amide bonds. The van der Waals surface area contributed by atoms with Crippen molar-refractivity contribution in [1.82, 2.24) is 4.98 Å². The second-order valence-electron chi connectivity index (χ2n) is 5.69. The molecule has 0 aliphatic heterocycles. The summed E-state index contributed by atoms with van der Waals surface area (Å²) in [6.07, 6.45) is 3.25. The lowest BCUT2D eigenvalue weighted by Crippen LogP contribution is -2.13. The monoisotopic (exact) mass is 338 g/mol. The molecule has 0 bridgehead atoms. The molecule has 5 heteroatoms. The maximum atomic E-state index is 12.1. The van der Waals surface area contributed by atoms with Crippen LogP contribution in [0.4, 0.5) is 0 Å². The largest absolute Gasteiger partial charge is 0.493 e. The molecule has 5 nitrogen and oxygen atoms in total. The van der Waals surface area contributed by atoms with Crippen LogP contribution >= 0.6 is 0 Å². The molecule has 0 saturated heterocycles. The Balaban J connectivity index is 2.72. The first-order valence-electron chi connectivity index (χ1n) is 8.14. The van der Waals surface area contributed by atoms with Gasteiger partial charge in [-0.25, -0.2) is 0 Å². The van der Waals surface area contributed by atoms with Gasteiger partial charge in [0.25, 0.3) is 5.56 Å². The Labute approximate surface area is 147 Å². The van der Waals surface area contributed by atoms with Gasteiger partial charge in [-0.05, 0) is 43.5 Å². The fourth-order valence-electron chi connectivity index (χ4n) is 2.67. The van der Waals surface area contributed by atoms with Crippen molar-refractivity contribution < 1.29 is 9.47 Å². The van der Waals surface area contributed by atoms with Gasteiger partial charge in [-0.2, -0.15) is 5.26 Å². The fraction of sp³-hybridized carbons (Fsp3) is 0.300. The van der Waals surface area contributed by atoms with E-state index < -0.39 is 5.56 Å². The van der Waals surface area contributed by atoms with Gasteiger partial charge in [0.1, 0.15) is 11.6 Å². The van der Waals surface area contributed by atoms with E-state index in [4.69, 9.17) is 9.47 Å². The second kappa shape index (κ2) is 8.20. The van der Waals surface area contributed by atoms with Gasteiger partial charge in [-0.1, -0.05) is 13.0 Å². The molecule has 1 N–H and O–H groups in total. The van der Waals surface area contributed by atoms with Crippen LogP contribution in [0.3, 0.4) is 0 Å². The van der Waals surface area contributed by atoms with Crippen LogP contribution in [0.5, 0.6) is 11.5 Å². The summed E-state index contributed by atoms with van der Waals surface area (Å²) < 4.78 is 11.3. The summed E-state index contributed by atoms with van der Waals surface area (Å²) in [6, 6.07) is 7.50. The maximum Gasteiger partial charge on any atom is 0.266 e. The van der Waals surface area contributed by atoms with Gasteiger partial charge in [0, 0.05) is 16.8 Å². The predicted octanol–water partition coefficient (Wildman–Crippen LogP) is 3.75. The molecule has 0 aliphatic carbocycles. The SMILES string of the molecule is C=CCc1cc(-c2cc(C)[nH]c(=O)c2C#N)cc(OC)c1OCCC. The molecule has 2 rings (SSSR count). The molecule has 2 aromatic rings. The maximum absolute atomic E-state index is 12.1. The molecule has 1 aromatic carbocycles. The van der Waals surface area contributed by atoms with Gasteiger partial charge in [0.15, 0.2) is 11.5 Å². The Morgan fingerprint density at radius 3 is 2.72 bits per heavy atom. The number of methoxy groups -OCH3 is 1. The van der Waals surface area contributed by atoms with Crippen molar-refractivity contribution >= 4 is 0 Å². The number of hydrogen-bond donors (Lipinski definition) is 1. The number of nitriles is 1. The number of aromatic amines is 1. The third-order valence-electron chi connectivity index (χ3n) is 3.76. The Morgan fingerprint density at radius 2 is 2.12 bits per heavy atom. The molecule has 0 fully saturated rings. The van der Waals surface area contributed by atoms with Crippen LogP contribution in [0.2, 0.25) is 0 Å². The lowest BCUT2D eigenvalue weighted by Gasteiger charge is -2.17. The predicted molar refractivity (Wildman–Crippen MR) is 98.2 cm³/mol. The zero-order valence-corrected chi connectivity index (χ0v) is 14.8. The Kier molecular flexibility index (Phi) is 6.02. The normalized spacial score (nSPS) is 10.2. The number of nitrogens with zero attached hydrogens (tertiary/aromatic N) is 1. The van der Waals surface area contributed by atoms with Crippen LogP contribution in [-0.4, -0.2) is 18.7 Å². The molecular weight excluding hydrogens is 316 g/mol. The number of aryl methyl sites for hydroxylation is 1. The summed E-state index contributed by atoms with van der Waals surface area (Å²) in [5.41, 5.74) is 2.60. The lowest BCUT2D eigenvalue weighted by molar-refractivity contribution is 0.292. The summed E-state index contributed by atoms with van der Waals surface area (Å²) in [5, 5.41) is 9.38. The summed E-state index contributed by atoms with van der Waals surface area (Å²) in [6.45, 7) is 8.19. The highest BCUT2D eigenvalue weighted by Crippen LogP contribution is 2.37. The number of H-pyrrole nitrogens is 1. The third-order valence-corrected chi connectivity index (χ3v) is 3.76. The average Bonchev–Trinajstić information content (AvgIpc) is 2.59. The lowest BCUT2D eigenvalue weighted by atomic mass is 9.97. The Bertz CT molecular complexity index is 876. The molecule has 0 spiro atoms. The van der Waals surface area contributed by atoms with E-state index in [1.54, 1.807) is 32.2 Å². The molecule has 1 heterocycles. The molecule has 130 valence electrons. The van der Waals surface area contributed by atoms with E-state index in [2.05, 4.69) is 11.6 Å². The molecule has 0 radical (unpaired) electrons. The number of benzene rings is 1. The zero-order valence-electron chi connectivity index (χ0n) is 14.8. The van der Waals surface area contributed by atoms with Crippen LogP contribution in [0.25, 0.3) is 11.1 Å². The summed E-state index contributed by atoms with van der Waals surface area (Å²) in [4.78, 5) is 14.7. The first-order valence-corrected chi connectivity index (χ1v) is 8.14. The quantitative estimate of drug-likeness (QED) is 0.780. The van der Waals surface area contributed by atoms with E-state index in [9.17, 15) is 10.1 Å². The van der Waals surface area contributed by atoms with E-state index in [1.165, 1.54) is 0 Å². The van der Waals surface area contributed by atoms with Gasteiger partial charge >= 0.3 is 0 Å². The molecule has 0 atom stereocenters. The average molecular weight is 338 g/mol. The highest BCUT2D eigenvalue weighted by molar-refractivity contribution is 5.74. The zero-order chi connectivity index (χ0) is 18.4. The second-order valence-corrected chi connectivity index (χ2v) is 5.69. The van der Waals surface area contributed by atoms with Crippen LogP contribution < -0.4 is 15.0 Å². The number of pyridine rings is 1. The van der Waals surface area contributed by atoms with Crippen molar-refractivity contribution in [3.63, 3.8) is 0 Å². The van der Waals surface area contributed by atoms with Gasteiger partial charge < -0.3 is 14.5 Å². The minimum Gasteiger partial charge on any atom is -0.493 e. The van der Waals surface area contributed by atoms with Crippen LogP contribution in [0.1, 0.15) is 30.2 Å². The third kappa shape index (κ3) is 3.92. The number of allylic oxidation sites excluding steroid dienone is 1. The molecular formula is C20H22N2O3. The standard InChI is InChI=1S/C20H22N2O3/c1-5-7-14-10-15(11-18(24-4)19(14)25-8-6-2)16-9-13(3)22-20(23)17(16)12-21/h5,9-11H,1,6-8H2,2-4H3,(H,22,23). The minimum atomic E-state index is -0.395. The van der Waals surface area contributed by atoms with Crippen molar-refractivity contribution in [1.29, 1.82) is 5.26 Å². The van der Waals surface area contributed by atoms with Crippen LogP contribution in [-0.2, 0) is 6.42 Å². The summed E-state index contributed by atoms with van der Waals surface area (Å²) >= 11 is 0. The number of rotatable bonds is 7. The van der Waals surface area contributed by atoms with Crippen molar-refractivity contribution in [3.8, 4) is 28.7 Å². The van der Waals surface area contributed by atoms with Crippen molar-refractivity contribution in [2.75, 3.05) is 13.7 Å².